The van der Waals surface area contributed by atoms with E-state index in [1.807, 2.05) is 0 Å². The van der Waals surface area contributed by atoms with Gasteiger partial charge >= 0.3 is 0 Å². The molecule has 1 aromatic carbocycles. The van der Waals surface area contributed by atoms with Crippen molar-refractivity contribution in [2.45, 2.75) is 33.8 Å². The molecule has 0 saturated carbocycles. The van der Waals surface area contributed by atoms with Crippen LogP contribution in [0.2, 0.25) is 0 Å². The Balaban J connectivity index is 2.07. The summed E-state index contributed by atoms with van der Waals surface area (Å²) in [7, 11) is 0. The topological polar surface area (TPSA) is 24.5 Å². The third-order valence-corrected chi connectivity index (χ3v) is 3.62. The van der Waals surface area contributed by atoms with E-state index in [2.05, 4.69) is 62.2 Å². The third-order valence-electron chi connectivity index (χ3n) is 3.62. The van der Waals surface area contributed by atoms with E-state index in [4.69, 9.17) is 4.74 Å². The van der Waals surface area contributed by atoms with Crippen LogP contribution in [0.4, 0.5) is 5.69 Å². The van der Waals surface area contributed by atoms with Gasteiger partial charge in [-0.3, -0.25) is 0 Å². The van der Waals surface area contributed by atoms with Crippen LogP contribution in [0.3, 0.4) is 0 Å². The van der Waals surface area contributed by atoms with Crippen LogP contribution < -0.4 is 15.0 Å². The molecule has 3 nitrogen and oxygen atoms in total. The monoisotopic (exact) mass is 276 g/mol. The second kappa shape index (κ2) is 6.98. The molecule has 1 aromatic rings. The normalized spacial score (nSPS) is 24.4. The van der Waals surface area contributed by atoms with E-state index in [1.54, 1.807) is 0 Å². The second-order valence-corrected chi connectivity index (χ2v) is 6.43. The van der Waals surface area contributed by atoms with Crippen LogP contribution in [0.5, 0.6) is 5.75 Å². The fraction of sp³-hybridized carbons (Fsp3) is 0.647. The smallest absolute Gasteiger partial charge is 0.119 e. The molecule has 2 rings (SSSR count). The van der Waals surface area contributed by atoms with Crippen LogP contribution in [-0.2, 0) is 0 Å². The molecule has 112 valence electrons. The maximum absolute atomic E-state index is 5.71. The standard InChI is InChI=1S/C17H28N2O/c1-13(2)20-17-7-5-16(6-8-17)19-11-14(3)9-18-10-15(4)12-19/h5-8,13-15,18H,9-12H2,1-4H3. The van der Waals surface area contributed by atoms with E-state index in [0.717, 1.165) is 31.9 Å². The van der Waals surface area contributed by atoms with E-state index in [0.29, 0.717) is 11.8 Å². The van der Waals surface area contributed by atoms with Crippen LogP contribution >= 0.6 is 0 Å². The molecule has 3 heteroatoms. The van der Waals surface area contributed by atoms with Crippen LogP contribution in [-0.4, -0.2) is 32.3 Å². The lowest BCUT2D eigenvalue weighted by molar-refractivity contribution is 0.242. The molecule has 0 radical (unpaired) electrons. The van der Waals surface area contributed by atoms with Gasteiger partial charge in [-0.05, 0) is 63.0 Å². The molecule has 0 spiro atoms. The van der Waals surface area contributed by atoms with Crippen LogP contribution in [0.15, 0.2) is 24.3 Å². The highest BCUT2D eigenvalue weighted by atomic mass is 16.5. The van der Waals surface area contributed by atoms with Gasteiger partial charge in [-0.25, -0.2) is 0 Å². The summed E-state index contributed by atoms with van der Waals surface area (Å²) in [5.74, 6) is 2.31. The maximum atomic E-state index is 5.71. The van der Waals surface area contributed by atoms with Crippen molar-refractivity contribution in [1.29, 1.82) is 0 Å². The van der Waals surface area contributed by atoms with Gasteiger partial charge in [0.25, 0.3) is 0 Å². The first-order valence-corrected chi connectivity index (χ1v) is 7.77. The molecule has 1 N–H and O–H groups in total. The molecule has 0 amide bonds. The zero-order valence-corrected chi connectivity index (χ0v) is 13.2. The van der Waals surface area contributed by atoms with Gasteiger partial charge in [-0.1, -0.05) is 13.8 Å². The highest BCUT2D eigenvalue weighted by Crippen LogP contribution is 2.22. The summed E-state index contributed by atoms with van der Waals surface area (Å²) in [6.45, 7) is 13.2. The van der Waals surface area contributed by atoms with Crippen LogP contribution in [0.1, 0.15) is 27.7 Å². The molecule has 0 bridgehead atoms. The van der Waals surface area contributed by atoms with E-state index in [1.165, 1.54) is 5.69 Å². The quantitative estimate of drug-likeness (QED) is 0.918. The Bertz CT molecular complexity index is 390. The predicted molar refractivity (Wildman–Crippen MR) is 85.6 cm³/mol. The first-order valence-electron chi connectivity index (χ1n) is 7.77. The Morgan fingerprint density at radius 3 is 2.10 bits per heavy atom. The van der Waals surface area contributed by atoms with Gasteiger partial charge in [0.05, 0.1) is 6.10 Å². The molecule has 1 aliphatic rings. The lowest BCUT2D eigenvalue weighted by Gasteiger charge is -2.33. The van der Waals surface area contributed by atoms with Gasteiger partial charge in [0, 0.05) is 18.8 Å². The van der Waals surface area contributed by atoms with Crippen molar-refractivity contribution in [3.63, 3.8) is 0 Å². The van der Waals surface area contributed by atoms with Gasteiger partial charge in [-0.15, -0.1) is 0 Å². The number of hydrogen-bond acceptors (Lipinski definition) is 3. The van der Waals surface area contributed by atoms with Crippen molar-refractivity contribution in [2.75, 3.05) is 31.1 Å². The van der Waals surface area contributed by atoms with Gasteiger partial charge in [0.2, 0.25) is 0 Å². The van der Waals surface area contributed by atoms with Gasteiger partial charge in [0.1, 0.15) is 5.75 Å². The molecule has 1 saturated heterocycles. The zero-order chi connectivity index (χ0) is 14.5. The number of ether oxygens (including phenoxy) is 1. The van der Waals surface area contributed by atoms with Crippen LogP contribution in [0.25, 0.3) is 0 Å². The summed E-state index contributed by atoms with van der Waals surface area (Å²) in [6.07, 6.45) is 0.230. The van der Waals surface area contributed by atoms with E-state index < -0.39 is 0 Å². The Morgan fingerprint density at radius 2 is 1.60 bits per heavy atom. The maximum Gasteiger partial charge on any atom is 0.119 e. The number of rotatable bonds is 3. The zero-order valence-electron chi connectivity index (χ0n) is 13.2. The summed E-state index contributed by atoms with van der Waals surface area (Å²) in [4.78, 5) is 2.51. The fourth-order valence-corrected chi connectivity index (χ4v) is 2.75. The number of benzene rings is 1. The van der Waals surface area contributed by atoms with Crippen molar-refractivity contribution in [3.05, 3.63) is 24.3 Å². The Morgan fingerprint density at radius 1 is 1.05 bits per heavy atom. The highest BCUT2D eigenvalue weighted by molar-refractivity contribution is 5.49. The summed E-state index contributed by atoms with van der Waals surface area (Å²) >= 11 is 0. The highest BCUT2D eigenvalue weighted by Gasteiger charge is 2.17. The SMILES string of the molecule is CC1CNCC(C)CN(c2ccc(OC(C)C)cc2)C1. The average molecular weight is 276 g/mol. The van der Waals surface area contributed by atoms with Crippen molar-refractivity contribution in [1.82, 2.24) is 5.32 Å². The lowest BCUT2D eigenvalue weighted by Crippen LogP contribution is -2.42. The lowest BCUT2D eigenvalue weighted by atomic mass is 10.0. The van der Waals surface area contributed by atoms with Gasteiger partial charge < -0.3 is 15.0 Å². The summed E-state index contributed by atoms with van der Waals surface area (Å²) in [5.41, 5.74) is 1.31. The molecule has 1 fully saturated rings. The van der Waals surface area contributed by atoms with E-state index in [9.17, 15) is 0 Å². The first-order chi connectivity index (χ1) is 9.54. The van der Waals surface area contributed by atoms with Crippen LogP contribution in [0, 0.1) is 11.8 Å². The third kappa shape index (κ3) is 4.41. The summed E-state index contributed by atoms with van der Waals surface area (Å²) < 4.78 is 5.71. The minimum atomic E-state index is 0.230. The van der Waals surface area contributed by atoms with Gasteiger partial charge in [0.15, 0.2) is 0 Å². The largest absolute Gasteiger partial charge is 0.491 e. The minimum Gasteiger partial charge on any atom is -0.491 e. The Kier molecular flexibility index (Phi) is 5.30. The number of nitrogens with one attached hydrogen (secondary N) is 1. The molecule has 2 unspecified atom stereocenters. The molecular formula is C17H28N2O. The van der Waals surface area contributed by atoms with Gasteiger partial charge in [-0.2, -0.15) is 0 Å². The van der Waals surface area contributed by atoms with Crippen molar-refractivity contribution >= 4 is 5.69 Å². The van der Waals surface area contributed by atoms with Crippen molar-refractivity contribution in [2.24, 2.45) is 11.8 Å². The number of nitrogens with zero attached hydrogens (tertiary/aromatic N) is 1. The number of anilines is 1. The molecule has 2 atom stereocenters. The van der Waals surface area contributed by atoms with Crippen molar-refractivity contribution in [3.8, 4) is 5.75 Å². The second-order valence-electron chi connectivity index (χ2n) is 6.43. The molecule has 1 aliphatic heterocycles. The minimum absolute atomic E-state index is 0.230. The summed E-state index contributed by atoms with van der Waals surface area (Å²) in [6, 6.07) is 8.54. The van der Waals surface area contributed by atoms with Crippen molar-refractivity contribution < 1.29 is 4.74 Å². The molecule has 0 aliphatic carbocycles. The Labute approximate surface area is 123 Å². The molecular weight excluding hydrogens is 248 g/mol. The molecule has 0 aromatic heterocycles. The Hall–Kier alpha value is -1.22. The molecule has 20 heavy (non-hydrogen) atoms. The first kappa shape index (κ1) is 15.2. The predicted octanol–water partition coefficient (Wildman–Crippen LogP) is 3.16. The van der Waals surface area contributed by atoms with E-state index in [-0.39, 0.29) is 6.10 Å². The fourth-order valence-electron chi connectivity index (χ4n) is 2.75. The summed E-state index contributed by atoms with van der Waals surface area (Å²) in [5, 5.41) is 3.54. The molecule has 1 heterocycles. The average Bonchev–Trinajstić information content (AvgIpc) is 2.36. The van der Waals surface area contributed by atoms with E-state index >= 15 is 0 Å². The number of hydrogen-bond donors (Lipinski definition) is 1.